The minimum absolute atomic E-state index is 0.0106. The number of amides is 2. The second-order valence-electron chi connectivity index (χ2n) is 3.73. The summed E-state index contributed by atoms with van der Waals surface area (Å²) in [6, 6.07) is 0. The van der Waals surface area contributed by atoms with Gasteiger partial charge in [0.15, 0.2) is 0 Å². The average Bonchev–Trinajstić information content (AvgIpc) is 1.97. The van der Waals surface area contributed by atoms with Gasteiger partial charge in [-0.2, -0.15) is 12.6 Å². The van der Waals surface area contributed by atoms with Crippen LogP contribution in [0, 0.1) is 0 Å². The van der Waals surface area contributed by atoms with Crippen LogP contribution in [0.4, 0.5) is 0 Å². The number of hydrogen-bond donors (Lipinski definition) is 3. The number of rotatable bonds is 3. The highest BCUT2D eigenvalue weighted by atomic mass is 32.1. The SMILES string of the molecule is CC(C)(C)NC(=O)CNC(=O)CS. The molecule has 0 bridgehead atoms. The number of thiol groups is 1. The van der Waals surface area contributed by atoms with Gasteiger partial charge in [-0.05, 0) is 20.8 Å². The number of hydrogen-bond acceptors (Lipinski definition) is 3. The van der Waals surface area contributed by atoms with Crippen molar-refractivity contribution in [1.29, 1.82) is 0 Å². The van der Waals surface area contributed by atoms with Crippen LogP contribution in [0.1, 0.15) is 20.8 Å². The molecule has 0 saturated carbocycles. The molecule has 0 fully saturated rings. The van der Waals surface area contributed by atoms with Crippen molar-refractivity contribution < 1.29 is 9.59 Å². The topological polar surface area (TPSA) is 58.2 Å². The zero-order chi connectivity index (χ0) is 10.5. The first kappa shape index (κ1) is 12.3. The van der Waals surface area contributed by atoms with Crippen LogP contribution < -0.4 is 10.6 Å². The molecule has 0 heterocycles. The zero-order valence-corrected chi connectivity index (χ0v) is 9.07. The summed E-state index contributed by atoms with van der Waals surface area (Å²) in [5, 5.41) is 5.15. The molecule has 2 N–H and O–H groups in total. The van der Waals surface area contributed by atoms with Crippen LogP contribution in [0.15, 0.2) is 0 Å². The third-order valence-electron chi connectivity index (χ3n) is 1.10. The molecule has 0 radical (unpaired) electrons. The molecular weight excluding hydrogens is 188 g/mol. The Hall–Kier alpha value is -0.710. The Morgan fingerprint density at radius 2 is 1.77 bits per heavy atom. The van der Waals surface area contributed by atoms with Gasteiger partial charge >= 0.3 is 0 Å². The Balaban J connectivity index is 3.71. The largest absolute Gasteiger partial charge is 0.350 e. The molecule has 4 nitrogen and oxygen atoms in total. The maximum atomic E-state index is 11.1. The predicted octanol–water partition coefficient (Wildman–Crippen LogP) is -0.0529. The fourth-order valence-corrected chi connectivity index (χ4v) is 0.809. The highest BCUT2D eigenvalue weighted by Gasteiger charge is 2.13. The van der Waals surface area contributed by atoms with Crippen LogP contribution in [0.5, 0.6) is 0 Å². The minimum atomic E-state index is -0.261. The maximum Gasteiger partial charge on any atom is 0.239 e. The lowest BCUT2D eigenvalue weighted by Gasteiger charge is -2.20. The van der Waals surface area contributed by atoms with Crippen molar-refractivity contribution in [2.75, 3.05) is 12.3 Å². The fraction of sp³-hybridized carbons (Fsp3) is 0.750. The van der Waals surface area contributed by atoms with Crippen LogP contribution in [0.2, 0.25) is 0 Å². The van der Waals surface area contributed by atoms with Crippen molar-refractivity contribution in [2.45, 2.75) is 26.3 Å². The quantitative estimate of drug-likeness (QED) is 0.564. The molecule has 0 atom stereocenters. The molecular formula is C8H16N2O2S. The van der Waals surface area contributed by atoms with Gasteiger partial charge in [0.1, 0.15) is 0 Å². The van der Waals surface area contributed by atoms with Crippen LogP contribution in [0.25, 0.3) is 0 Å². The molecule has 13 heavy (non-hydrogen) atoms. The van der Waals surface area contributed by atoms with Crippen molar-refractivity contribution >= 4 is 24.4 Å². The molecule has 0 aromatic heterocycles. The van der Waals surface area contributed by atoms with Gasteiger partial charge in [0, 0.05) is 5.54 Å². The molecule has 0 rings (SSSR count). The molecule has 0 aliphatic heterocycles. The Kier molecular flexibility index (Phi) is 4.83. The molecule has 5 heteroatoms. The fourth-order valence-electron chi connectivity index (χ4n) is 0.697. The summed E-state index contributed by atoms with van der Waals surface area (Å²) in [6.45, 7) is 5.65. The molecule has 0 aliphatic carbocycles. The Morgan fingerprint density at radius 3 is 2.15 bits per heavy atom. The molecule has 0 aromatic carbocycles. The van der Waals surface area contributed by atoms with Crippen molar-refractivity contribution in [3.63, 3.8) is 0 Å². The molecule has 0 aromatic rings. The number of carbonyl (C=O) groups excluding carboxylic acids is 2. The summed E-state index contributed by atoms with van der Waals surface area (Å²) < 4.78 is 0. The normalized spacial score (nSPS) is 10.8. The molecule has 2 amide bonds. The zero-order valence-electron chi connectivity index (χ0n) is 8.18. The van der Waals surface area contributed by atoms with Gasteiger partial charge in [-0.15, -0.1) is 0 Å². The van der Waals surface area contributed by atoms with Gasteiger partial charge in [-0.1, -0.05) is 0 Å². The molecule has 76 valence electrons. The van der Waals surface area contributed by atoms with Gasteiger partial charge in [0.25, 0.3) is 0 Å². The van der Waals surface area contributed by atoms with Crippen molar-refractivity contribution in [2.24, 2.45) is 0 Å². The van der Waals surface area contributed by atoms with Gasteiger partial charge in [0.2, 0.25) is 11.8 Å². The molecule has 0 unspecified atom stereocenters. The van der Waals surface area contributed by atoms with Crippen LogP contribution in [0.3, 0.4) is 0 Å². The lowest BCUT2D eigenvalue weighted by atomic mass is 10.1. The summed E-state index contributed by atoms with van der Waals surface area (Å²) in [7, 11) is 0. The summed E-state index contributed by atoms with van der Waals surface area (Å²) in [6.07, 6.45) is 0. The van der Waals surface area contributed by atoms with Crippen molar-refractivity contribution in [3.05, 3.63) is 0 Å². The van der Waals surface area contributed by atoms with E-state index in [4.69, 9.17) is 0 Å². The van der Waals surface area contributed by atoms with E-state index in [1.807, 2.05) is 20.8 Å². The van der Waals surface area contributed by atoms with Gasteiger partial charge in [-0.3, -0.25) is 9.59 Å². The summed E-state index contributed by atoms with van der Waals surface area (Å²) >= 11 is 3.76. The lowest BCUT2D eigenvalue weighted by molar-refractivity contribution is -0.125. The van der Waals surface area contributed by atoms with E-state index in [-0.39, 0.29) is 29.7 Å². The van der Waals surface area contributed by atoms with Crippen molar-refractivity contribution in [1.82, 2.24) is 10.6 Å². The van der Waals surface area contributed by atoms with E-state index < -0.39 is 0 Å². The first-order valence-electron chi connectivity index (χ1n) is 4.04. The molecule has 0 spiro atoms. The third kappa shape index (κ3) is 7.64. The first-order chi connectivity index (χ1) is 5.85. The molecule has 0 saturated heterocycles. The minimum Gasteiger partial charge on any atom is -0.350 e. The maximum absolute atomic E-state index is 11.1. The van der Waals surface area contributed by atoms with Gasteiger partial charge in [-0.25, -0.2) is 0 Å². The van der Waals surface area contributed by atoms with Crippen LogP contribution in [-0.4, -0.2) is 29.7 Å². The van der Waals surface area contributed by atoms with Crippen LogP contribution >= 0.6 is 12.6 Å². The first-order valence-corrected chi connectivity index (χ1v) is 4.67. The van der Waals surface area contributed by atoms with E-state index in [9.17, 15) is 9.59 Å². The van der Waals surface area contributed by atoms with E-state index in [0.717, 1.165) is 0 Å². The number of nitrogens with one attached hydrogen (secondary N) is 2. The summed E-state index contributed by atoms with van der Waals surface area (Å²) in [5.74, 6) is -0.335. The second-order valence-corrected chi connectivity index (χ2v) is 4.05. The Bertz CT molecular complexity index is 199. The van der Waals surface area contributed by atoms with E-state index in [0.29, 0.717) is 0 Å². The lowest BCUT2D eigenvalue weighted by Crippen LogP contribution is -2.46. The van der Waals surface area contributed by atoms with E-state index in [1.54, 1.807) is 0 Å². The van der Waals surface area contributed by atoms with Gasteiger partial charge < -0.3 is 10.6 Å². The smallest absolute Gasteiger partial charge is 0.239 e. The van der Waals surface area contributed by atoms with E-state index in [2.05, 4.69) is 23.3 Å². The molecule has 0 aliphatic rings. The Morgan fingerprint density at radius 1 is 1.23 bits per heavy atom. The van der Waals surface area contributed by atoms with E-state index in [1.165, 1.54) is 0 Å². The van der Waals surface area contributed by atoms with Gasteiger partial charge in [0.05, 0.1) is 12.3 Å². The van der Waals surface area contributed by atoms with Crippen molar-refractivity contribution in [3.8, 4) is 0 Å². The van der Waals surface area contributed by atoms with E-state index >= 15 is 0 Å². The summed E-state index contributed by atoms with van der Waals surface area (Å²) in [4.78, 5) is 21.8. The standard InChI is InChI=1S/C8H16N2O2S/c1-8(2,3)10-6(11)4-9-7(12)5-13/h13H,4-5H2,1-3H3,(H,9,12)(H,10,11). The highest BCUT2D eigenvalue weighted by Crippen LogP contribution is 1.96. The second kappa shape index (κ2) is 5.11. The third-order valence-corrected chi connectivity index (χ3v) is 1.39. The monoisotopic (exact) mass is 204 g/mol. The average molecular weight is 204 g/mol. The van der Waals surface area contributed by atoms with Crippen LogP contribution in [-0.2, 0) is 9.59 Å². The highest BCUT2D eigenvalue weighted by molar-refractivity contribution is 7.81. The Labute approximate surface area is 83.9 Å². The number of carbonyl (C=O) groups is 2. The predicted molar refractivity (Wildman–Crippen MR) is 54.8 cm³/mol. The summed E-state index contributed by atoms with van der Waals surface area (Å²) in [5.41, 5.74) is -0.261.